The smallest absolute Gasteiger partial charge is 0.305 e. The Balaban J connectivity index is 2.09. The molecule has 2 aliphatic rings. The van der Waals surface area contributed by atoms with Crippen molar-refractivity contribution in [3.63, 3.8) is 0 Å². The van der Waals surface area contributed by atoms with Crippen LogP contribution < -0.4 is 0 Å². The van der Waals surface area contributed by atoms with Gasteiger partial charge in [0.2, 0.25) is 0 Å². The average molecular weight is 197 g/mol. The Kier molecular flexibility index (Phi) is 2.52. The molecule has 0 radical (unpaired) electrons. The summed E-state index contributed by atoms with van der Waals surface area (Å²) in [4.78, 5) is 13.3. The van der Waals surface area contributed by atoms with Crippen molar-refractivity contribution in [3.05, 3.63) is 0 Å². The van der Waals surface area contributed by atoms with Crippen molar-refractivity contribution in [1.29, 1.82) is 0 Å². The predicted molar refractivity (Wildman–Crippen MR) is 54.2 cm³/mol. The van der Waals surface area contributed by atoms with Gasteiger partial charge in [0.25, 0.3) is 0 Å². The van der Waals surface area contributed by atoms with Gasteiger partial charge in [0.05, 0.1) is 6.42 Å². The van der Waals surface area contributed by atoms with Crippen molar-refractivity contribution in [1.82, 2.24) is 4.90 Å². The fourth-order valence-corrected chi connectivity index (χ4v) is 3.10. The minimum Gasteiger partial charge on any atom is -0.481 e. The van der Waals surface area contributed by atoms with Gasteiger partial charge in [-0.05, 0) is 26.2 Å². The van der Waals surface area contributed by atoms with Crippen LogP contribution in [-0.4, -0.2) is 34.1 Å². The maximum Gasteiger partial charge on any atom is 0.305 e. The highest BCUT2D eigenvalue weighted by molar-refractivity contribution is 5.68. The summed E-state index contributed by atoms with van der Waals surface area (Å²) in [5, 5.41) is 8.97. The number of likely N-dealkylation sites (tertiary alicyclic amines) is 1. The van der Waals surface area contributed by atoms with Crippen molar-refractivity contribution in [2.75, 3.05) is 6.54 Å². The predicted octanol–water partition coefficient (Wildman–Crippen LogP) is 1.87. The highest BCUT2D eigenvalue weighted by Crippen LogP contribution is 2.42. The average Bonchev–Trinajstić information content (AvgIpc) is 2.49. The second kappa shape index (κ2) is 3.54. The lowest BCUT2D eigenvalue weighted by molar-refractivity contribution is -0.142. The molecule has 0 aromatic carbocycles. The Morgan fingerprint density at radius 1 is 1.50 bits per heavy atom. The molecular formula is C11H19NO2. The normalized spacial score (nSPS) is 31.4. The van der Waals surface area contributed by atoms with Gasteiger partial charge in [0.15, 0.2) is 0 Å². The number of carboxylic acid groups (broad SMARTS) is 1. The largest absolute Gasteiger partial charge is 0.481 e. The van der Waals surface area contributed by atoms with Crippen molar-refractivity contribution in [2.45, 2.75) is 57.0 Å². The van der Waals surface area contributed by atoms with E-state index in [0.29, 0.717) is 12.5 Å². The first kappa shape index (κ1) is 9.97. The third-order valence-corrected chi connectivity index (χ3v) is 3.94. The van der Waals surface area contributed by atoms with E-state index in [9.17, 15) is 4.79 Å². The zero-order valence-corrected chi connectivity index (χ0v) is 8.83. The summed E-state index contributed by atoms with van der Waals surface area (Å²) >= 11 is 0. The van der Waals surface area contributed by atoms with Gasteiger partial charge < -0.3 is 5.11 Å². The first-order valence-electron chi connectivity index (χ1n) is 5.63. The highest BCUT2D eigenvalue weighted by atomic mass is 16.4. The molecule has 0 bridgehead atoms. The third-order valence-electron chi connectivity index (χ3n) is 3.94. The van der Waals surface area contributed by atoms with Crippen LogP contribution in [0.2, 0.25) is 0 Å². The fourth-order valence-electron chi connectivity index (χ4n) is 3.10. The maximum absolute atomic E-state index is 10.9. The van der Waals surface area contributed by atoms with Gasteiger partial charge >= 0.3 is 5.97 Å². The van der Waals surface area contributed by atoms with Gasteiger partial charge in [-0.15, -0.1) is 0 Å². The van der Waals surface area contributed by atoms with Crippen LogP contribution in [0.1, 0.15) is 45.4 Å². The Morgan fingerprint density at radius 3 is 2.50 bits per heavy atom. The molecule has 0 aromatic heterocycles. The zero-order chi connectivity index (χ0) is 10.2. The van der Waals surface area contributed by atoms with E-state index in [4.69, 9.17) is 5.11 Å². The number of hydrogen-bond acceptors (Lipinski definition) is 2. The first-order chi connectivity index (χ1) is 6.64. The van der Waals surface area contributed by atoms with Crippen molar-refractivity contribution < 1.29 is 9.90 Å². The van der Waals surface area contributed by atoms with Crippen LogP contribution in [-0.2, 0) is 4.79 Å². The SMILES string of the molecule is CC1CCN1C1(CC(=O)O)CCCC1. The molecule has 0 aromatic rings. The van der Waals surface area contributed by atoms with Crippen LogP contribution in [0.3, 0.4) is 0 Å². The quantitative estimate of drug-likeness (QED) is 0.750. The lowest BCUT2D eigenvalue weighted by Gasteiger charge is -2.51. The van der Waals surface area contributed by atoms with E-state index in [-0.39, 0.29) is 5.54 Å². The van der Waals surface area contributed by atoms with E-state index in [1.54, 1.807) is 0 Å². The Morgan fingerprint density at radius 2 is 2.14 bits per heavy atom. The molecule has 1 aliphatic carbocycles. The minimum atomic E-state index is -0.633. The molecule has 0 amide bonds. The summed E-state index contributed by atoms with van der Waals surface area (Å²) in [6, 6.07) is 0.604. The summed E-state index contributed by atoms with van der Waals surface area (Å²) in [5.74, 6) is -0.633. The Bertz CT molecular complexity index is 233. The third kappa shape index (κ3) is 1.54. The van der Waals surface area contributed by atoms with Gasteiger partial charge in [0, 0.05) is 18.1 Å². The van der Waals surface area contributed by atoms with E-state index < -0.39 is 5.97 Å². The van der Waals surface area contributed by atoms with E-state index >= 15 is 0 Å². The molecule has 1 saturated heterocycles. The lowest BCUT2D eigenvalue weighted by Crippen LogP contribution is -2.59. The number of carboxylic acids is 1. The molecule has 1 atom stereocenters. The summed E-state index contributed by atoms with van der Waals surface area (Å²) in [5.41, 5.74) is 0.0174. The number of carbonyl (C=O) groups is 1. The summed E-state index contributed by atoms with van der Waals surface area (Å²) in [7, 11) is 0. The van der Waals surface area contributed by atoms with Gasteiger partial charge in [-0.2, -0.15) is 0 Å². The second-order valence-electron chi connectivity index (χ2n) is 4.83. The van der Waals surface area contributed by atoms with Crippen LogP contribution in [0.15, 0.2) is 0 Å². The van der Waals surface area contributed by atoms with Gasteiger partial charge in [-0.25, -0.2) is 0 Å². The van der Waals surface area contributed by atoms with Crippen LogP contribution >= 0.6 is 0 Å². The van der Waals surface area contributed by atoms with Crippen molar-refractivity contribution in [2.24, 2.45) is 0 Å². The molecule has 1 N–H and O–H groups in total. The highest BCUT2D eigenvalue weighted by Gasteiger charge is 2.46. The summed E-state index contributed by atoms with van der Waals surface area (Å²) in [6.45, 7) is 3.32. The molecule has 1 saturated carbocycles. The summed E-state index contributed by atoms with van der Waals surface area (Å²) < 4.78 is 0. The molecule has 1 unspecified atom stereocenters. The molecule has 3 heteroatoms. The van der Waals surface area contributed by atoms with Gasteiger partial charge in [-0.1, -0.05) is 12.8 Å². The fraction of sp³-hybridized carbons (Fsp3) is 0.909. The van der Waals surface area contributed by atoms with Crippen LogP contribution in [0.4, 0.5) is 0 Å². The molecule has 1 aliphatic heterocycles. The number of aliphatic carboxylic acids is 1. The topological polar surface area (TPSA) is 40.5 Å². The summed E-state index contributed by atoms with van der Waals surface area (Å²) in [6.07, 6.45) is 6.17. The van der Waals surface area contributed by atoms with Crippen LogP contribution in [0, 0.1) is 0 Å². The molecule has 1 heterocycles. The zero-order valence-electron chi connectivity index (χ0n) is 8.83. The Labute approximate surface area is 85.1 Å². The number of nitrogens with zero attached hydrogens (tertiary/aromatic N) is 1. The second-order valence-corrected chi connectivity index (χ2v) is 4.83. The van der Waals surface area contributed by atoms with Crippen LogP contribution in [0.25, 0.3) is 0 Å². The number of rotatable bonds is 3. The molecule has 2 fully saturated rings. The molecular weight excluding hydrogens is 178 g/mol. The van der Waals surface area contributed by atoms with Crippen molar-refractivity contribution in [3.8, 4) is 0 Å². The van der Waals surface area contributed by atoms with E-state index in [1.165, 1.54) is 19.3 Å². The van der Waals surface area contributed by atoms with E-state index in [1.807, 2.05) is 0 Å². The Hall–Kier alpha value is -0.570. The monoisotopic (exact) mass is 197 g/mol. The lowest BCUT2D eigenvalue weighted by atomic mass is 9.85. The standard InChI is InChI=1S/C11H19NO2/c1-9-4-7-12(9)11(8-10(13)14)5-2-3-6-11/h9H,2-8H2,1H3,(H,13,14). The molecule has 14 heavy (non-hydrogen) atoms. The van der Waals surface area contributed by atoms with Gasteiger partial charge in [-0.3, -0.25) is 9.69 Å². The van der Waals surface area contributed by atoms with E-state index in [2.05, 4.69) is 11.8 Å². The molecule has 80 valence electrons. The minimum absolute atomic E-state index is 0.0174. The molecule has 3 nitrogen and oxygen atoms in total. The maximum atomic E-state index is 10.9. The van der Waals surface area contributed by atoms with E-state index in [0.717, 1.165) is 19.4 Å². The number of hydrogen-bond donors (Lipinski definition) is 1. The molecule has 2 rings (SSSR count). The van der Waals surface area contributed by atoms with Crippen LogP contribution in [0.5, 0.6) is 0 Å². The molecule has 0 spiro atoms. The van der Waals surface area contributed by atoms with Crippen molar-refractivity contribution >= 4 is 5.97 Å². The van der Waals surface area contributed by atoms with Gasteiger partial charge in [0.1, 0.15) is 0 Å². The first-order valence-corrected chi connectivity index (χ1v) is 5.63.